The largest absolute Gasteiger partial charge is 0.345 e. The fraction of sp³-hybridized carbons (Fsp3) is 0.333. The predicted molar refractivity (Wildman–Crippen MR) is 50.1 cm³/mol. The van der Waals surface area contributed by atoms with Crippen molar-refractivity contribution in [3.05, 3.63) is 29.6 Å². The van der Waals surface area contributed by atoms with Gasteiger partial charge in [-0.05, 0) is 11.6 Å². The summed E-state index contributed by atoms with van der Waals surface area (Å²) in [6.45, 7) is 0.336. The van der Waals surface area contributed by atoms with Crippen molar-refractivity contribution in [1.82, 2.24) is 9.88 Å². The molecule has 1 amide bonds. The molecule has 1 aromatic rings. The minimum atomic E-state index is -0.0390. The van der Waals surface area contributed by atoms with E-state index < -0.39 is 0 Å². The maximum atomic E-state index is 11.6. The Bertz CT molecular complexity index is 309. The van der Waals surface area contributed by atoms with Gasteiger partial charge in [-0.1, -0.05) is 0 Å². The molecule has 4 nitrogen and oxygen atoms in total. The van der Waals surface area contributed by atoms with Gasteiger partial charge in [0.1, 0.15) is 0 Å². The smallest absolute Gasteiger partial charge is 0.253 e. The summed E-state index contributed by atoms with van der Waals surface area (Å²) >= 11 is 0. The van der Waals surface area contributed by atoms with Crippen LogP contribution in [0.2, 0.25) is 0 Å². The Morgan fingerprint density at radius 2 is 2.31 bits per heavy atom. The van der Waals surface area contributed by atoms with Crippen LogP contribution in [0, 0.1) is 0 Å². The van der Waals surface area contributed by atoms with Crippen LogP contribution >= 0.6 is 0 Å². The lowest BCUT2D eigenvalue weighted by Gasteiger charge is -2.12. The normalized spacial score (nSPS) is 9.77. The van der Waals surface area contributed by atoms with Crippen LogP contribution < -0.4 is 5.73 Å². The number of pyridine rings is 1. The number of nitrogens with zero attached hydrogens (tertiary/aromatic N) is 2. The van der Waals surface area contributed by atoms with Crippen LogP contribution in [0.3, 0.4) is 0 Å². The van der Waals surface area contributed by atoms with E-state index in [0.29, 0.717) is 12.1 Å². The Morgan fingerprint density at radius 3 is 2.85 bits per heavy atom. The molecular formula is C9H13N3O. The van der Waals surface area contributed by atoms with Crippen molar-refractivity contribution in [2.24, 2.45) is 5.73 Å². The van der Waals surface area contributed by atoms with Gasteiger partial charge in [0.15, 0.2) is 0 Å². The number of rotatable bonds is 2. The van der Waals surface area contributed by atoms with E-state index in [1.54, 1.807) is 32.6 Å². The Kier molecular flexibility index (Phi) is 2.97. The van der Waals surface area contributed by atoms with E-state index in [4.69, 9.17) is 5.73 Å². The van der Waals surface area contributed by atoms with E-state index in [0.717, 1.165) is 5.56 Å². The lowest BCUT2D eigenvalue weighted by atomic mass is 10.1. The first-order chi connectivity index (χ1) is 6.16. The molecule has 1 rings (SSSR count). The summed E-state index contributed by atoms with van der Waals surface area (Å²) in [7, 11) is 3.42. The molecule has 1 heterocycles. The van der Waals surface area contributed by atoms with E-state index in [9.17, 15) is 4.79 Å². The molecule has 2 N–H and O–H groups in total. The van der Waals surface area contributed by atoms with E-state index in [-0.39, 0.29) is 5.91 Å². The molecule has 0 aliphatic carbocycles. The Morgan fingerprint density at radius 1 is 1.62 bits per heavy atom. The standard InChI is InChI=1S/C9H13N3O/c1-12(2)9(13)8-3-4-11-6-7(8)5-10/h3-4,6H,5,10H2,1-2H3. The molecular weight excluding hydrogens is 166 g/mol. The van der Waals surface area contributed by atoms with Crippen LogP contribution in [0.4, 0.5) is 0 Å². The average Bonchev–Trinajstić information content (AvgIpc) is 2.16. The van der Waals surface area contributed by atoms with Gasteiger partial charge in [0.2, 0.25) is 0 Å². The third-order valence-corrected chi connectivity index (χ3v) is 1.76. The van der Waals surface area contributed by atoms with Crippen molar-refractivity contribution < 1.29 is 4.79 Å². The van der Waals surface area contributed by atoms with Gasteiger partial charge < -0.3 is 10.6 Å². The van der Waals surface area contributed by atoms with Crippen LogP contribution in [-0.2, 0) is 6.54 Å². The first kappa shape index (κ1) is 9.67. The minimum Gasteiger partial charge on any atom is -0.345 e. The minimum absolute atomic E-state index is 0.0390. The summed E-state index contributed by atoms with van der Waals surface area (Å²) in [6.07, 6.45) is 3.21. The quantitative estimate of drug-likeness (QED) is 0.707. The van der Waals surface area contributed by atoms with Gasteiger partial charge in [-0.2, -0.15) is 0 Å². The molecule has 0 aromatic carbocycles. The number of aromatic nitrogens is 1. The monoisotopic (exact) mass is 179 g/mol. The maximum Gasteiger partial charge on any atom is 0.253 e. The molecule has 0 aliphatic heterocycles. The third-order valence-electron chi connectivity index (χ3n) is 1.76. The van der Waals surface area contributed by atoms with Crippen LogP contribution in [-0.4, -0.2) is 29.9 Å². The predicted octanol–water partition coefficient (Wildman–Crippen LogP) is 0.242. The zero-order valence-electron chi connectivity index (χ0n) is 7.82. The fourth-order valence-corrected chi connectivity index (χ4v) is 1.04. The van der Waals surface area contributed by atoms with Gasteiger partial charge in [0.25, 0.3) is 5.91 Å². The van der Waals surface area contributed by atoms with Crippen LogP contribution in [0.15, 0.2) is 18.5 Å². The number of carbonyl (C=O) groups is 1. The second kappa shape index (κ2) is 4.00. The molecule has 0 radical (unpaired) electrons. The van der Waals surface area contributed by atoms with Crippen molar-refractivity contribution in [2.75, 3.05) is 14.1 Å². The van der Waals surface area contributed by atoms with Crippen molar-refractivity contribution in [1.29, 1.82) is 0 Å². The second-order valence-electron chi connectivity index (χ2n) is 2.94. The van der Waals surface area contributed by atoms with E-state index in [2.05, 4.69) is 4.98 Å². The van der Waals surface area contributed by atoms with Crippen molar-refractivity contribution in [3.8, 4) is 0 Å². The first-order valence-corrected chi connectivity index (χ1v) is 4.01. The Hall–Kier alpha value is -1.42. The van der Waals surface area contributed by atoms with E-state index in [1.165, 1.54) is 4.90 Å². The molecule has 0 saturated carbocycles. The number of nitrogens with two attached hydrogens (primary N) is 1. The van der Waals surface area contributed by atoms with Crippen molar-refractivity contribution >= 4 is 5.91 Å². The summed E-state index contributed by atoms with van der Waals surface area (Å²) in [6, 6.07) is 1.69. The lowest BCUT2D eigenvalue weighted by molar-refractivity contribution is 0.0826. The van der Waals surface area contributed by atoms with Crippen LogP contribution in [0.1, 0.15) is 15.9 Å². The Labute approximate surface area is 77.4 Å². The molecule has 0 aliphatic rings. The molecule has 0 unspecified atom stereocenters. The number of hydrogen-bond acceptors (Lipinski definition) is 3. The summed E-state index contributed by atoms with van der Waals surface area (Å²) in [5.41, 5.74) is 6.88. The molecule has 1 aromatic heterocycles. The van der Waals surface area contributed by atoms with Crippen LogP contribution in [0.5, 0.6) is 0 Å². The van der Waals surface area contributed by atoms with Crippen molar-refractivity contribution in [2.45, 2.75) is 6.54 Å². The van der Waals surface area contributed by atoms with Crippen molar-refractivity contribution in [3.63, 3.8) is 0 Å². The zero-order chi connectivity index (χ0) is 9.84. The van der Waals surface area contributed by atoms with Gasteiger partial charge in [0, 0.05) is 38.6 Å². The summed E-state index contributed by atoms with van der Waals surface area (Å²) in [4.78, 5) is 17.0. The molecule has 0 bridgehead atoms. The average molecular weight is 179 g/mol. The maximum absolute atomic E-state index is 11.6. The molecule has 13 heavy (non-hydrogen) atoms. The first-order valence-electron chi connectivity index (χ1n) is 4.01. The molecule has 70 valence electrons. The molecule has 0 saturated heterocycles. The summed E-state index contributed by atoms with van der Waals surface area (Å²) in [5.74, 6) is -0.0390. The van der Waals surface area contributed by atoms with Crippen LogP contribution in [0.25, 0.3) is 0 Å². The van der Waals surface area contributed by atoms with Gasteiger partial charge in [0.05, 0.1) is 0 Å². The van der Waals surface area contributed by atoms with Gasteiger partial charge in [-0.3, -0.25) is 9.78 Å². The highest BCUT2D eigenvalue weighted by atomic mass is 16.2. The number of hydrogen-bond donors (Lipinski definition) is 1. The molecule has 0 atom stereocenters. The topological polar surface area (TPSA) is 59.2 Å². The highest BCUT2D eigenvalue weighted by molar-refractivity contribution is 5.95. The molecule has 0 fully saturated rings. The molecule has 0 spiro atoms. The highest BCUT2D eigenvalue weighted by Gasteiger charge is 2.11. The highest BCUT2D eigenvalue weighted by Crippen LogP contribution is 2.07. The summed E-state index contributed by atoms with van der Waals surface area (Å²) in [5, 5.41) is 0. The third kappa shape index (κ3) is 2.03. The zero-order valence-corrected chi connectivity index (χ0v) is 7.82. The second-order valence-corrected chi connectivity index (χ2v) is 2.94. The molecule has 4 heteroatoms. The fourth-order valence-electron chi connectivity index (χ4n) is 1.04. The van der Waals surface area contributed by atoms with Gasteiger partial charge in [-0.15, -0.1) is 0 Å². The SMILES string of the molecule is CN(C)C(=O)c1ccncc1CN. The number of carbonyl (C=O) groups excluding carboxylic acids is 1. The lowest BCUT2D eigenvalue weighted by Crippen LogP contribution is -2.23. The van der Waals surface area contributed by atoms with Gasteiger partial charge in [-0.25, -0.2) is 0 Å². The summed E-state index contributed by atoms with van der Waals surface area (Å²) < 4.78 is 0. The van der Waals surface area contributed by atoms with E-state index in [1.807, 2.05) is 0 Å². The van der Waals surface area contributed by atoms with E-state index >= 15 is 0 Å². The Balaban J connectivity index is 3.06. The van der Waals surface area contributed by atoms with Gasteiger partial charge >= 0.3 is 0 Å². The number of amides is 1.